The molecule has 0 saturated heterocycles. The third kappa shape index (κ3) is 5.39. The average molecular weight is 578 g/mol. The number of nitrogens with zero attached hydrogens (tertiary/aromatic N) is 2. The summed E-state index contributed by atoms with van der Waals surface area (Å²) in [5.41, 5.74) is 3.90. The van der Waals surface area contributed by atoms with E-state index < -0.39 is 5.97 Å². The van der Waals surface area contributed by atoms with Gasteiger partial charge in [-0.3, -0.25) is 0 Å². The van der Waals surface area contributed by atoms with E-state index in [9.17, 15) is 4.79 Å². The maximum Gasteiger partial charge on any atom is 0.344 e. The lowest BCUT2D eigenvalue weighted by molar-refractivity contribution is -0.127. The molecule has 4 aromatic carbocycles. The second-order valence-corrected chi connectivity index (χ2v) is 9.77. The van der Waals surface area contributed by atoms with Crippen molar-refractivity contribution in [2.24, 2.45) is 0 Å². The Morgan fingerprint density at radius 3 is 2.22 bits per heavy atom. The molecular weight excluding hydrogens is 559 g/mol. The number of carbonyl (C=O) groups is 1. The number of para-hydroxylation sites is 2. The number of rotatable bonds is 6. The van der Waals surface area contributed by atoms with Gasteiger partial charge in [-0.1, -0.05) is 81.6 Å². The van der Waals surface area contributed by atoms with Gasteiger partial charge in [0.15, 0.2) is 0 Å². The molecule has 7 heteroatoms. The molecule has 0 atom stereocenters. The van der Waals surface area contributed by atoms with Gasteiger partial charge in [0, 0.05) is 14.5 Å². The van der Waals surface area contributed by atoms with E-state index in [0.717, 1.165) is 21.1 Å². The SMILES string of the molecule is O=C(Oc1ccc(Cl)cc1)C(=Cc1nc2ccccc2n1Cc1ccccc1Br)c1ccc(Cl)cc1. The summed E-state index contributed by atoms with van der Waals surface area (Å²) < 4.78 is 8.78. The van der Waals surface area contributed by atoms with Crippen LogP contribution in [0.2, 0.25) is 10.0 Å². The van der Waals surface area contributed by atoms with Crippen molar-refractivity contribution >= 4 is 67.8 Å². The Morgan fingerprint density at radius 1 is 0.861 bits per heavy atom. The van der Waals surface area contributed by atoms with Gasteiger partial charge in [-0.05, 0) is 71.8 Å². The Labute approximate surface area is 226 Å². The fourth-order valence-electron chi connectivity index (χ4n) is 3.85. The van der Waals surface area contributed by atoms with Crippen molar-refractivity contribution < 1.29 is 9.53 Å². The number of imidazole rings is 1. The van der Waals surface area contributed by atoms with Gasteiger partial charge < -0.3 is 9.30 Å². The molecule has 0 bridgehead atoms. The Bertz CT molecular complexity index is 1580. The van der Waals surface area contributed by atoms with Gasteiger partial charge in [0.05, 0.1) is 23.2 Å². The van der Waals surface area contributed by atoms with Crippen molar-refractivity contribution in [2.75, 3.05) is 0 Å². The molecule has 178 valence electrons. The second kappa shape index (κ2) is 10.7. The van der Waals surface area contributed by atoms with Crippen molar-refractivity contribution in [3.8, 4) is 5.75 Å². The molecule has 1 heterocycles. The molecule has 0 aliphatic carbocycles. The summed E-state index contributed by atoms with van der Waals surface area (Å²) in [6, 6.07) is 29.6. The topological polar surface area (TPSA) is 44.1 Å². The molecule has 0 aliphatic heterocycles. The predicted octanol–water partition coefficient (Wildman–Crippen LogP) is 8.30. The minimum atomic E-state index is -0.515. The van der Waals surface area contributed by atoms with Gasteiger partial charge in [-0.15, -0.1) is 0 Å². The summed E-state index contributed by atoms with van der Waals surface area (Å²) in [6.45, 7) is 0.563. The third-order valence-electron chi connectivity index (χ3n) is 5.64. The number of esters is 1. The van der Waals surface area contributed by atoms with Crippen molar-refractivity contribution in [1.29, 1.82) is 0 Å². The molecule has 0 aliphatic rings. The Kier molecular flexibility index (Phi) is 7.23. The molecule has 1 aromatic heterocycles. The summed E-state index contributed by atoms with van der Waals surface area (Å²) in [4.78, 5) is 18.3. The molecule has 0 amide bonds. The molecule has 36 heavy (non-hydrogen) atoms. The van der Waals surface area contributed by atoms with Gasteiger partial charge in [0.1, 0.15) is 11.6 Å². The van der Waals surface area contributed by atoms with Gasteiger partial charge in [0.2, 0.25) is 0 Å². The first kappa shape index (κ1) is 24.3. The fourth-order valence-corrected chi connectivity index (χ4v) is 4.51. The van der Waals surface area contributed by atoms with E-state index in [4.69, 9.17) is 32.9 Å². The maximum atomic E-state index is 13.4. The monoisotopic (exact) mass is 576 g/mol. The Balaban J connectivity index is 1.63. The zero-order chi connectivity index (χ0) is 25.1. The smallest absolute Gasteiger partial charge is 0.344 e. The maximum absolute atomic E-state index is 13.4. The Hall–Kier alpha value is -3.38. The first-order valence-electron chi connectivity index (χ1n) is 11.1. The largest absolute Gasteiger partial charge is 0.423 e. The minimum absolute atomic E-state index is 0.352. The normalized spacial score (nSPS) is 11.6. The van der Waals surface area contributed by atoms with E-state index in [-0.39, 0.29) is 0 Å². The van der Waals surface area contributed by atoms with E-state index in [1.54, 1.807) is 54.6 Å². The lowest BCUT2D eigenvalue weighted by atomic mass is 10.1. The lowest BCUT2D eigenvalue weighted by Gasteiger charge is -2.12. The first-order valence-corrected chi connectivity index (χ1v) is 12.7. The van der Waals surface area contributed by atoms with Crippen LogP contribution in [0.4, 0.5) is 0 Å². The van der Waals surface area contributed by atoms with Crippen molar-refractivity contribution in [3.05, 3.63) is 129 Å². The van der Waals surface area contributed by atoms with Crippen LogP contribution in [0, 0.1) is 0 Å². The minimum Gasteiger partial charge on any atom is -0.423 e. The second-order valence-electron chi connectivity index (χ2n) is 8.04. The molecule has 5 rings (SSSR count). The van der Waals surface area contributed by atoms with Crippen molar-refractivity contribution in [2.45, 2.75) is 6.54 Å². The van der Waals surface area contributed by atoms with Gasteiger partial charge in [-0.2, -0.15) is 0 Å². The summed E-state index contributed by atoms with van der Waals surface area (Å²) in [6.07, 6.45) is 1.76. The molecule has 0 unspecified atom stereocenters. The number of benzene rings is 4. The lowest BCUT2D eigenvalue weighted by Crippen LogP contribution is -2.11. The number of hydrogen-bond donors (Lipinski definition) is 0. The van der Waals surface area contributed by atoms with Crippen LogP contribution >= 0.6 is 39.1 Å². The van der Waals surface area contributed by atoms with E-state index in [1.165, 1.54) is 0 Å². The highest BCUT2D eigenvalue weighted by Gasteiger charge is 2.18. The van der Waals surface area contributed by atoms with E-state index in [2.05, 4.69) is 26.6 Å². The molecule has 4 nitrogen and oxygen atoms in total. The zero-order valence-corrected chi connectivity index (χ0v) is 22.0. The molecule has 0 fully saturated rings. The van der Waals surface area contributed by atoms with Crippen LogP contribution in [0.25, 0.3) is 22.7 Å². The average Bonchev–Trinajstić information content (AvgIpc) is 3.23. The van der Waals surface area contributed by atoms with Crippen LogP contribution in [0.1, 0.15) is 17.0 Å². The summed E-state index contributed by atoms with van der Waals surface area (Å²) >= 11 is 15.7. The molecule has 5 aromatic rings. The molecule has 0 saturated carbocycles. The zero-order valence-electron chi connectivity index (χ0n) is 18.9. The van der Waals surface area contributed by atoms with Crippen molar-refractivity contribution in [3.63, 3.8) is 0 Å². The predicted molar refractivity (Wildman–Crippen MR) is 149 cm³/mol. The van der Waals surface area contributed by atoms with Crippen molar-refractivity contribution in [1.82, 2.24) is 9.55 Å². The van der Waals surface area contributed by atoms with Crippen LogP contribution in [0.5, 0.6) is 5.75 Å². The van der Waals surface area contributed by atoms with Gasteiger partial charge in [-0.25, -0.2) is 9.78 Å². The third-order valence-corrected chi connectivity index (χ3v) is 6.92. The molecular formula is C29H19BrCl2N2O2. The van der Waals surface area contributed by atoms with E-state index >= 15 is 0 Å². The first-order chi connectivity index (χ1) is 17.5. The van der Waals surface area contributed by atoms with Gasteiger partial charge in [0.25, 0.3) is 0 Å². The number of ether oxygens (including phenoxy) is 1. The van der Waals surface area contributed by atoms with Crippen LogP contribution < -0.4 is 4.74 Å². The summed E-state index contributed by atoms with van der Waals surface area (Å²) in [5.74, 6) is 0.509. The number of halogens is 3. The fraction of sp³-hybridized carbons (Fsp3) is 0.0345. The molecule has 0 radical (unpaired) electrons. The highest BCUT2D eigenvalue weighted by atomic mass is 79.9. The van der Waals surface area contributed by atoms with Gasteiger partial charge >= 0.3 is 5.97 Å². The molecule has 0 N–H and O–H groups in total. The number of fused-ring (bicyclic) bond motifs is 1. The quantitative estimate of drug-likeness (QED) is 0.116. The van der Waals surface area contributed by atoms with Crippen LogP contribution in [0.3, 0.4) is 0 Å². The molecule has 0 spiro atoms. The van der Waals surface area contributed by atoms with Crippen LogP contribution in [-0.2, 0) is 11.3 Å². The van der Waals surface area contributed by atoms with E-state index in [1.807, 2.05) is 42.5 Å². The Morgan fingerprint density at radius 2 is 1.50 bits per heavy atom. The number of aromatic nitrogens is 2. The van der Waals surface area contributed by atoms with Crippen LogP contribution in [-0.4, -0.2) is 15.5 Å². The highest BCUT2D eigenvalue weighted by Crippen LogP contribution is 2.27. The number of hydrogen-bond acceptors (Lipinski definition) is 3. The van der Waals surface area contributed by atoms with E-state index in [0.29, 0.717) is 39.3 Å². The number of carbonyl (C=O) groups excluding carboxylic acids is 1. The standard InChI is InChI=1S/C29H19BrCl2N2O2/c30-25-6-2-1-5-20(25)18-34-27-8-4-3-7-26(27)33-28(34)17-24(19-9-11-21(31)12-10-19)29(35)36-23-15-13-22(32)14-16-23/h1-17H,18H2. The van der Waals surface area contributed by atoms with Crippen LogP contribution in [0.15, 0.2) is 102 Å². The summed E-state index contributed by atoms with van der Waals surface area (Å²) in [7, 11) is 0. The summed E-state index contributed by atoms with van der Waals surface area (Å²) in [5, 5.41) is 1.13. The highest BCUT2D eigenvalue weighted by molar-refractivity contribution is 9.10.